The number of alkyl carbamates (subject to hydrolysis) is 1. The third kappa shape index (κ3) is 8.73. The number of fused-ring (bicyclic) bond motifs is 6. The summed E-state index contributed by atoms with van der Waals surface area (Å²) in [4.78, 5) is 41.8. The van der Waals surface area contributed by atoms with E-state index in [1.165, 1.54) is 12.0 Å². The quantitative estimate of drug-likeness (QED) is 0.263. The SMILES string of the molecule is COc1cc2cc(c1Cl)N(C)C(=O)C[C@H](OC(=O)C1CCC(CSSC)OC1)[C@@]1(C)C[C@](C)(O1)[C@@H]1C[C@](O)(C/C=C/C=C(\C)C2)NC(=O)O1. The lowest BCUT2D eigenvalue weighted by atomic mass is 9.72. The molecule has 2 N–H and O–H groups in total. The zero-order chi connectivity index (χ0) is 35.6. The number of ether oxygens (including phenoxy) is 5. The van der Waals surface area contributed by atoms with Crippen LogP contribution in [0.2, 0.25) is 5.02 Å². The lowest BCUT2D eigenvalue weighted by Gasteiger charge is -2.59. The van der Waals surface area contributed by atoms with Gasteiger partial charge in [-0.3, -0.25) is 14.9 Å². The van der Waals surface area contributed by atoms with E-state index in [-0.39, 0.29) is 42.9 Å². The molecule has 0 spiro atoms. The van der Waals surface area contributed by atoms with E-state index in [4.69, 9.17) is 35.3 Å². The molecule has 3 saturated heterocycles. The number of benzene rings is 1. The van der Waals surface area contributed by atoms with E-state index < -0.39 is 47.1 Å². The fraction of sp³-hybridized carbons (Fsp3) is 0.629. The average molecular weight is 739 g/mol. The summed E-state index contributed by atoms with van der Waals surface area (Å²) in [6.45, 7) is 5.80. The van der Waals surface area contributed by atoms with Crippen molar-refractivity contribution in [3.8, 4) is 5.75 Å². The van der Waals surface area contributed by atoms with Crippen molar-refractivity contribution >= 4 is 56.8 Å². The third-order valence-corrected chi connectivity index (χ3v) is 12.1. The van der Waals surface area contributed by atoms with E-state index in [2.05, 4.69) is 5.32 Å². The van der Waals surface area contributed by atoms with Crippen LogP contribution in [0.1, 0.15) is 64.9 Å². The minimum absolute atomic E-state index is 0.0731. The first kappa shape index (κ1) is 37.8. The average Bonchev–Trinajstić information content (AvgIpc) is 3.04. The number of hydrogen-bond donors (Lipinski definition) is 2. The number of rotatable bonds is 6. The number of halogens is 1. The Morgan fingerprint density at radius 1 is 1.22 bits per heavy atom. The molecule has 5 heterocycles. The van der Waals surface area contributed by atoms with Crippen LogP contribution in [0.4, 0.5) is 10.5 Å². The molecule has 1 aromatic carbocycles. The van der Waals surface area contributed by atoms with E-state index in [1.807, 2.05) is 37.5 Å². The molecule has 1 aromatic rings. The number of esters is 1. The number of allylic oxidation sites excluding steroid dienone is 3. The fourth-order valence-electron chi connectivity index (χ4n) is 7.13. The molecule has 5 aliphatic heterocycles. The predicted octanol–water partition coefficient (Wildman–Crippen LogP) is 5.99. The summed E-state index contributed by atoms with van der Waals surface area (Å²) in [6, 6.07) is 3.68. The summed E-state index contributed by atoms with van der Waals surface area (Å²) in [6.07, 6.45) is 7.31. The summed E-state index contributed by atoms with van der Waals surface area (Å²) in [5, 5.41) is 14.2. The highest BCUT2D eigenvalue weighted by Gasteiger charge is 2.62. The van der Waals surface area contributed by atoms with Crippen LogP contribution in [0.15, 0.2) is 35.9 Å². The Morgan fingerprint density at radius 3 is 2.65 bits per heavy atom. The van der Waals surface area contributed by atoms with Gasteiger partial charge in [0.1, 0.15) is 39.9 Å². The maximum atomic E-state index is 14.0. The molecule has 5 aliphatic rings. The number of aliphatic hydroxyl groups is 1. The van der Waals surface area contributed by atoms with Gasteiger partial charge in [-0.1, -0.05) is 57.0 Å². The van der Waals surface area contributed by atoms with Gasteiger partial charge in [-0.25, -0.2) is 4.79 Å². The molecular weight excluding hydrogens is 692 g/mol. The number of anilines is 1. The summed E-state index contributed by atoms with van der Waals surface area (Å²) in [5.74, 6) is -0.00859. The maximum Gasteiger partial charge on any atom is 0.409 e. The Bertz CT molecular complexity index is 1470. The number of hydrogen-bond acceptors (Lipinski definition) is 11. The van der Waals surface area contributed by atoms with Gasteiger partial charge in [0.15, 0.2) is 0 Å². The Morgan fingerprint density at radius 2 is 1.98 bits per heavy atom. The van der Waals surface area contributed by atoms with Crippen LogP contribution in [0, 0.1) is 5.92 Å². The molecular formula is C35H47ClN2O9S2. The number of carbonyl (C=O) groups is 3. The van der Waals surface area contributed by atoms with E-state index in [0.717, 1.165) is 23.3 Å². The van der Waals surface area contributed by atoms with Crippen molar-refractivity contribution in [3.05, 3.63) is 46.5 Å². The fourth-order valence-corrected chi connectivity index (χ4v) is 8.86. The number of methoxy groups -OCH3 is 1. The van der Waals surface area contributed by atoms with Gasteiger partial charge in [0.05, 0.1) is 37.8 Å². The lowest BCUT2D eigenvalue weighted by molar-refractivity contribution is -0.327. The second-order valence-corrected chi connectivity index (χ2v) is 16.9. The van der Waals surface area contributed by atoms with E-state index in [1.54, 1.807) is 48.6 Å². The molecule has 270 valence electrons. The van der Waals surface area contributed by atoms with Crippen LogP contribution >= 0.6 is 33.2 Å². The summed E-state index contributed by atoms with van der Waals surface area (Å²) < 4.78 is 29.9. The van der Waals surface area contributed by atoms with Gasteiger partial charge >= 0.3 is 12.1 Å². The van der Waals surface area contributed by atoms with E-state index in [0.29, 0.717) is 30.7 Å². The van der Waals surface area contributed by atoms with Gasteiger partial charge in [0, 0.05) is 32.1 Å². The normalized spacial score (nSPS) is 35.6. The highest BCUT2D eigenvalue weighted by molar-refractivity contribution is 8.76. The highest BCUT2D eigenvalue weighted by atomic mass is 35.5. The molecule has 0 saturated carbocycles. The van der Waals surface area contributed by atoms with E-state index >= 15 is 0 Å². The van der Waals surface area contributed by atoms with Gasteiger partial charge in [-0.15, -0.1) is 0 Å². The molecule has 3 fully saturated rings. The lowest BCUT2D eigenvalue weighted by Crippen LogP contribution is -2.71. The predicted molar refractivity (Wildman–Crippen MR) is 191 cm³/mol. The monoisotopic (exact) mass is 738 g/mol. The Labute approximate surface area is 301 Å². The summed E-state index contributed by atoms with van der Waals surface area (Å²) in [5.41, 5.74) is -1.34. The molecule has 7 atom stereocenters. The molecule has 14 heteroatoms. The van der Waals surface area contributed by atoms with Gasteiger partial charge < -0.3 is 33.7 Å². The zero-order valence-electron chi connectivity index (χ0n) is 28.9. The molecule has 49 heavy (non-hydrogen) atoms. The Kier molecular flexibility index (Phi) is 11.9. The second kappa shape index (κ2) is 15.4. The van der Waals surface area contributed by atoms with Crippen molar-refractivity contribution in [1.82, 2.24) is 5.32 Å². The van der Waals surface area contributed by atoms with Gasteiger partial charge in [0.2, 0.25) is 5.91 Å². The third-order valence-electron chi connectivity index (χ3n) is 9.82. The molecule has 2 unspecified atom stereocenters. The van der Waals surface area contributed by atoms with Crippen LogP contribution in [-0.4, -0.2) is 91.1 Å². The zero-order valence-corrected chi connectivity index (χ0v) is 31.3. The number of nitrogens with zero attached hydrogens (tertiary/aromatic N) is 1. The smallest absolute Gasteiger partial charge is 0.409 e. The summed E-state index contributed by atoms with van der Waals surface area (Å²) >= 11 is 6.75. The van der Waals surface area contributed by atoms with Crippen molar-refractivity contribution in [2.24, 2.45) is 5.92 Å². The van der Waals surface area contributed by atoms with Crippen molar-refractivity contribution in [2.75, 3.05) is 37.7 Å². The number of nitrogens with one attached hydrogen (secondary N) is 1. The standard InChI is InChI=1S/C35H47ClN2O9S2/c1-21-9-7-8-12-35(42)17-28(46-32(41)37-35)34(3)20-33(2,47-34)27(45-31(40)23-10-11-24(44-18-23)19-49-48-6)16-29(39)38(4)25-14-22(13-21)15-26(43-5)30(25)36/h7-9,14-15,23-24,27-28,42H,10-13,16-20H2,1-6H3,(H,37,41)/b8-7+,21-9+/t23?,24?,27-,28-,33+,34-,35+/m0/s1. The first-order chi connectivity index (χ1) is 23.2. The molecule has 2 amide bonds. The van der Waals surface area contributed by atoms with Crippen LogP contribution in [0.5, 0.6) is 5.75 Å². The summed E-state index contributed by atoms with van der Waals surface area (Å²) in [7, 11) is 6.55. The van der Waals surface area contributed by atoms with Crippen LogP contribution < -0.4 is 15.0 Å². The first-order valence-electron chi connectivity index (χ1n) is 16.5. The molecule has 6 rings (SSSR count). The van der Waals surface area contributed by atoms with Crippen molar-refractivity contribution in [3.63, 3.8) is 0 Å². The van der Waals surface area contributed by atoms with Crippen LogP contribution in [0.3, 0.4) is 0 Å². The van der Waals surface area contributed by atoms with Crippen molar-refractivity contribution in [1.29, 1.82) is 0 Å². The van der Waals surface area contributed by atoms with Gasteiger partial charge in [-0.2, -0.15) is 0 Å². The van der Waals surface area contributed by atoms with Gasteiger partial charge in [0.25, 0.3) is 0 Å². The minimum atomic E-state index is -1.56. The van der Waals surface area contributed by atoms with E-state index in [9.17, 15) is 19.5 Å². The highest BCUT2D eigenvalue weighted by Crippen LogP contribution is 2.50. The Balaban J connectivity index is 1.46. The Hall–Kier alpha value is -2.42. The number of amides is 2. The van der Waals surface area contributed by atoms with Crippen LogP contribution in [-0.2, 0) is 35.0 Å². The topological polar surface area (TPSA) is 133 Å². The van der Waals surface area contributed by atoms with Crippen molar-refractivity contribution in [2.45, 2.75) is 101 Å². The molecule has 6 bridgehead atoms. The van der Waals surface area contributed by atoms with Crippen LogP contribution in [0.25, 0.3) is 0 Å². The number of carbonyl (C=O) groups excluding carboxylic acids is 3. The molecule has 0 aliphatic carbocycles. The molecule has 0 aromatic heterocycles. The molecule has 0 radical (unpaired) electrons. The first-order valence-corrected chi connectivity index (χ1v) is 19.6. The molecule has 11 nitrogen and oxygen atoms in total. The maximum absolute atomic E-state index is 14.0. The van der Waals surface area contributed by atoms with Gasteiger partial charge in [-0.05, 0) is 64.0 Å². The largest absolute Gasteiger partial charge is 0.495 e. The van der Waals surface area contributed by atoms with Crippen molar-refractivity contribution < 1.29 is 43.2 Å². The second-order valence-electron chi connectivity index (χ2n) is 13.9. The minimum Gasteiger partial charge on any atom is -0.495 e.